The van der Waals surface area contributed by atoms with Gasteiger partial charge in [0.2, 0.25) is 5.91 Å². The average Bonchev–Trinajstić information content (AvgIpc) is 3.15. The van der Waals surface area contributed by atoms with Gasteiger partial charge in [0.25, 0.3) is 0 Å². The molecule has 1 heterocycles. The van der Waals surface area contributed by atoms with E-state index in [0.717, 1.165) is 5.56 Å². The number of hydrogen-bond acceptors (Lipinski definition) is 2. The van der Waals surface area contributed by atoms with Crippen LogP contribution >= 0.6 is 0 Å². The average molecular weight is 346 g/mol. The van der Waals surface area contributed by atoms with Crippen LogP contribution in [0.3, 0.4) is 0 Å². The van der Waals surface area contributed by atoms with E-state index in [0.29, 0.717) is 17.7 Å². The first kappa shape index (κ1) is 17.7. The third-order valence-electron chi connectivity index (χ3n) is 4.40. The topological polar surface area (TPSA) is 51.1 Å². The summed E-state index contributed by atoms with van der Waals surface area (Å²) < 4.78 is 2.04. The van der Waals surface area contributed by atoms with Gasteiger partial charge in [-0.1, -0.05) is 29.8 Å². The summed E-state index contributed by atoms with van der Waals surface area (Å²) in [5, 5.41) is 2.92. The van der Waals surface area contributed by atoms with E-state index in [4.69, 9.17) is 0 Å². The molecule has 0 aliphatic carbocycles. The minimum absolute atomic E-state index is 0.00918. The molecule has 132 valence electrons. The van der Waals surface area contributed by atoms with Crippen molar-refractivity contribution in [3.05, 3.63) is 89.7 Å². The highest BCUT2D eigenvalue weighted by Crippen LogP contribution is 2.23. The van der Waals surface area contributed by atoms with Gasteiger partial charge in [0.15, 0.2) is 5.78 Å². The van der Waals surface area contributed by atoms with Crippen LogP contribution in [0.25, 0.3) is 0 Å². The molecule has 2 aromatic carbocycles. The standard InChI is InChI=1S/C22H22N2O2/c1-16-5-7-19(8-6-16)21(24-13-3-4-14-24)15-22(26)23-20-11-9-18(10-12-20)17(2)25/h3-14,21H,15H2,1-2H3,(H,23,26)/t21-/m0/s1. The molecule has 26 heavy (non-hydrogen) atoms. The number of carbonyl (C=O) groups is 2. The maximum atomic E-state index is 12.6. The second kappa shape index (κ2) is 7.83. The fourth-order valence-corrected chi connectivity index (χ4v) is 2.92. The summed E-state index contributed by atoms with van der Waals surface area (Å²) in [6.45, 7) is 3.57. The van der Waals surface area contributed by atoms with Crippen LogP contribution in [-0.2, 0) is 4.79 Å². The molecule has 4 nitrogen and oxygen atoms in total. The smallest absolute Gasteiger partial charge is 0.226 e. The molecule has 3 aromatic rings. The molecule has 1 aromatic heterocycles. The molecule has 0 saturated heterocycles. The van der Waals surface area contributed by atoms with E-state index in [-0.39, 0.29) is 17.7 Å². The minimum atomic E-state index is -0.0696. The van der Waals surface area contributed by atoms with Gasteiger partial charge in [-0.3, -0.25) is 9.59 Å². The molecule has 3 rings (SSSR count). The fourth-order valence-electron chi connectivity index (χ4n) is 2.92. The van der Waals surface area contributed by atoms with Crippen LogP contribution < -0.4 is 5.32 Å². The number of carbonyl (C=O) groups excluding carboxylic acids is 2. The van der Waals surface area contributed by atoms with E-state index in [9.17, 15) is 9.59 Å². The van der Waals surface area contributed by atoms with Crippen LogP contribution in [0.15, 0.2) is 73.1 Å². The molecule has 0 spiro atoms. The van der Waals surface area contributed by atoms with Crippen LogP contribution in [0.4, 0.5) is 5.69 Å². The van der Waals surface area contributed by atoms with Crippen molar-refractivity contribution in [3.8, 4) is 0 Å². The lowest BCUT2D eigenvalue weighted by atomic mass is 10.0. The van der Waals surface area contributed by atoms with Gasteiger partial charge in [-0.15, -0.1) is 0 Å². The lowest BCUT2D eigenvalue weighted by molar-refractivity contribution is -0.116. The molecule has 0 aliphatic heterocycles. The van der Waals surface area contributed by atoms with Gasteiger partial charge in [-0.05, 0) is 55.8 Å². The maximum Gasteiger partial charge on any atom is 0.226 e. The molecule has 0 radical (unpaired) electrons. The highest BCUT2D eigenvalue weighted by atomic mass is 16.1. The summed E-state index contributed by atoms with van der Waals surface area (Å²) in [5.41, 5.74) is 3.60. The monoisotopic (exact) mass is 346 g/mol. The number of ketones is 1. The van der Waals surface area contributed by atoms with E-state index in [1.807, 2.05) is 36.0 Å². The van der Waals surface area contributed by atoms with Gasteiger partial charge in [0, 0.05) is 23.6 Å². The predicted molar refractivity (Wildman–Crippen MR) is 103 cm³/mol. The maximum absolute atomic E-state index is 12.6. The third kappa shape index (κ3) is 4.28. The van der Waals surface area contributed by atoms with Crippen molar-refractivity contribution in [2.75, 3.05) is 5.32 Å². The van der Waals surface area contributed by atoms with Crippen molar-refractivity contribution in [3.63, 3.8) is 0 Å². The fraction of sp³-hybridized carbons (Fsp3) is 0.182. The first-order valence-electron chi connectivity index (χ1n) is 8.63. The molecule has 0 bridgehead atoms. The van der Waals surface area contributed by atoms with Crippen molar-refractivity contribution in [2.24, 2.45) is 0 Å². The summed E-state index contributed by atoms with van der Waals surface area (Å²) in [5.74, 6) is -0.0604. The Balaban J connectivity index is 1.75. The first-order chi connectivity index (χ1) is 12.5. The number of nitrogens with one attached hydrogen (secondary N) is 1. The van der Waals surface area contributed by atoms with E-state index < -0.39 is 0 Å². The minimum Gasteiger partial charge on any atom is -0.346 e. The molecule has 0 unspecified atom stereocenters. The first-order valence-corrected chi connectivity index (χ1v) is 8.63. The summed E-state index contributed by atoms with van der Waals surface area (Å²) in [6.07, 6.45) is 4.27. The van der Waals surface area contributed by atoms with Gasteiger partial charge < -0.3 is 9.88 Å². The molecule has 0 fully saturated rings. The lowest BCUT2D eigenvalue weighted by Gasteiger charge is -2.19. The van der Waals surface area contributed by atoms with Crippen LogP contribution in [0.5, 0.6) is 0 Å². The Morgan fingerprint density at radius 3 is 2.15 bits per heavy atom. The number of aryl methyl sites for hydroxylation is 1. The molecular weight excluding hydrogens is 324 g/mol. The lowest BCUT2D eigenvalue weighted by Crippen LogP contribution is -2.19. The normalized spacial score (nSPS) is 11.8. The molecule has 0 saturated carbocycles. The number of anilines is 1. The summed E-state index contributed by atoms with van der Waals surface area (Å²) in [6, 6.07) is 19.1. The van der Waals surface area contributed by atoms with Gasteiger partial charge in [-0.2, -0.15) is 0 Å². The number of nitrogens with zero attached hydrogens (tertiary/aromatic N) is 1. The summed E-state index contributed by atoms with van der Waals surface area (Å²) in [4.78, 5) is 23.9. The van der Waals surface area contributed by atoms with Crippen LogP contribution in [0.1, 0.15) is 40.9 Å². The molecule has 1 atom stereocenters. The van der Waals surface area contributed by atoms with Gasteiger partial charge in [0.1, 0.15) is 0 Å². The van der Waals surface area contributed by atoms with E-state index in [1.54, 1.807) is 24.3 Å². The number of amides is 1. The van der Waals surface area contributed by atoms with E-state index >= 15 is 0 Å². The molecular formula is C22H22N2O2. The van der Waals surface area contributed by atoms with Crippen molar-refractivity contribution >= 4 is 17.4 Å². The summed E-state index contributed by atoms with van der Waals surface area (Å²) in [7, 11) is 0. The van der Waals surface area contributed by atoms with Crippen molar-refractivity contribution in [2.45, 2.75) is 26.3 Å². The third-order valence-corrected chi connectivity index (χ3v) is 4.40. The Morgan fingerprint density at radius 2 is 1.58 bits per heavy atom. The number of benzene rings is 2. The second-order valence-electron chi connectivity index (χ2n) is 6.44. The second-order valence-corrected chi connectivity index (χ2v) is 6.44. The number of rotatable bonds is 6. The predicted octanol–water partition coefficient (Wildman–Crippen LogP) is 4.62. The Labute approximate surface area is 153 Å². The zero-order chi connectivity index (χ0) is 18.5. The van der Waals surface area contributed by atoms with Gasteiger partial charge in [0.05, 0.1) is 12.5 Å². The SMILES string of the molecule is CC(=O)c1ccc(NC(=O)C[C@@H](c2ccc(C)cc2)n2cccc2)cc1. The molecule has 0 aliphatic rings. The number of Topliss-reactive ketones (excluding diaryl/α,β-unsaturated/α-hetero) is 1. The Hall–Kier alpha value is -3.14. The largest absolute Gasteiger partial charge is 0.346 e. The zero-order valence-electron chi connectivity index (χ0n) is 15.0. The Kier molecular flexibility index (Phi) is 5.32. The Bertz CT molecular complexity index is 879. The van der Waals surface area contributed by atoms with Crippen molar-refractivity contribution < 1.29 is 9.59 Å². The quantitative estimate of drug-likeness (QED) is 0.662. The van der Waals surface area contributed by atoms with Crippen molar-refractivity contribution in [1.82, 2.24) is 4.57 Å². The number of aromatic nitrogens is 1. The highest BCUT2D eigenvalue weighted by Gasteiger charge is 2.17. The molecule has 4 heteroatoms. The van der Waals surface area contributed by atoms with Crippen LogP contribution in [-0.4, -0.2) is 16.3 Å². The number of hydrogen-bond donors (Lipinski definition) is 1. The van der Waals surface area contributed by atoms with E-state index in [2.05, 4.69) is 29.6 Å². The Morgan fingerprint density at radius 1 is 0.962 bits per heavy atom. The molecule has 1 N–H and O–H groups in total. The highest BCUT2D eigenvalue weighted by molar-refractivity contribution is 5.95. The van der Waals surface area contributed by atoms with Crippen LogP contribution in [0.2, 0.25) is 0 Å². The summed E-state index contributed by atoms with van der Waals surface area (Å²) >= 11 is 0. The van der Waals surface area contributed by atoms with E-state index in [1.165, 1.54) is 12.5 Å². The zero-order valence-corrected chi connectivity index (χ0v) is 15.0. The van der Waals surface area contributed by atoms with Gasteiger partial charge >= 0.3 is 0 Å². The van der Waals surface area contributed by atoms with Gasteiger partial charge in [-0.25, -0.2) is 0 Å². The van der Waals surface area contributed by atoms with Crippen LogP contribution in [0, 0.1) is 6.92 Å². The van der Waals surface area contributed by atoms with Crippen molar-refractivity contribution in [1.29, 1.82) is 0 Å². The molecule has 1 amide bonds.